The van der Waals surface area contributed by atoms with Gasteiger partial charge in [0.2, 0.25) is 0 Å². The summed E-state index contributed by atoms with van der Waals surface area (Å²) in [7, 11) is 1.59. The molecular weight excluding hydrogens is 292 g/mol. The Bertz CT molecular complexity index is 511. The topological polar surface area (TPSA) is 73.6 Å². The van der Waals surface area contributed by atoms with Crippen LogP contribution in [0.4, 0.5) is 0 Å². The number of unbranched alkanes of at least 4 members (excludes halogenated alkanes) is 1. The third-order valence-electron chi connectivity index (χ3n) is 4.29. The number of hydrogen-bond donors (Lipinski definition) is 2. The minimum Gasteiger partial charge on any atom is -0.493 e. The van der Waals surface area contributed by atoms with Gasteiger partial charge < -0.3 is 20.5 Å². The fourth-order valence-corrected chi connectivity index (χ4v) is 2.79. The normalized spacial score (nSPS) is 20.8. The SMILES string of the molecule is CCCCOc1ccc(C(=O)NC2CCC(N)CC2)cc1OC. The Hall–Kier alpha value is -1.75. The number of nitrogens with two attached hydrogens (primary N) is 1. The summed E-state index contributed by atoms with van der Waals surface area (Å²) in [6.45, 7) is 2.77. The third-order valence-corrected chi connectivity index (χ3v) is 4.29. The van der Waals surface area contributed by atoms with Crippen LogP contribution in [0.3, 0.4) is 0 Å². The van der Waals surface area contributed by atoms with Gasteiger partial charge in [-0.3, -0.25) is 4.79 Å². The largest absolute Gasteiger partial charge is 0.493 e. The molecule has 23 heavy (non-hydrogen) atoms. The number of methoxy groups -OCH3 is 1. The minimum atomic E-state index is -0.0659. The van der Waals surface area contributed by atoms with E-state index in [-0.39, 0.29) is 18.0 Å². The van der Waals surface area contributed by atoms with Crippen molar-refractivity contribution in [2.75, 3.05) is 13.7 Å². The maximum absolute atomic E-state index is 12.4. The third kappa shape index (κ3) is 5.13. The molecule has 2 rings (SSSR count). The summed E-state index contributed by atoms with van der Waals surface area (Å²) >= 11 is 0. The monoisotopic (exact) mass is 320 g/mol. The average Bonchev–Trinajstić information content (AvgIpc) is 2.57. The van der Waals surface area contributed by atoms with E-state index >= 15 is 0 Å². The molecular formula is C18H28N2O3. The summed E-state index contributed by atoms with van der Waals surface area (Å²) < 4.78 is 11.0. The first-order valence-electron chi connectivity index (χ1n) is 8.51. The first-order chi connectivity index (χ1) is 11.1. The van der Waals surface area contributed by atoms with Crippen LogP contribution in [0, 0.1) is 0 Å². The first kappa shape index (κ1) is 17.6. The lowest BCUT2D eigenvalue weighted by molar-refractivity contribution is 0.0925. The van der Waals surface area contributed by atoms with Crippen LogP contribution in [-0.2, 0) is 0 Å². The molecule has 0 heterocycles. The van der Waals surface area contributed by atoms with Gasteiger partial charge in [0.1, 0.15) is 0 Å². The van der Waals surface area contributed by atoms with Gasteiger partial charge in [-0.05, 0) is 50.3 Å². The molecule has 1 aromatic rings. The van der Waals surface area contributed by atoms with E-state index in [0.29, 0.717) is 23.7 Å². The molecule has 0 bridgehead atoms. The van der Waals surface area contributed by atoms with Gasteiger partial charge in [0.15, 0.2) is 11.5 Å². The van der Waals surface area contributed by atoms with Crippen molar-refractivity contribution in [2.24, 2.45) is 5.73 Å². The summed E-state index contributed by atoms with van der Waals surface area (Å²) in [5.41, 5.74) is 6.50. The van der Waals surface area contributed by atoms with Gasteiger partial charge in [-0.25, -0.2) is 0 Å². The smallest absolute Gasteiger partial charge is 0.251 e. The molecule has 128 valence electrons. The number of hydrogen-bond acceptors (Lipinski definition) is 4. The highest BCUT2D eigenvalue weighted by Gasteiger charge is 2.21. The number of rotatable bonds is 7. The Balaban J connectivity index is 1.97. The van der Waals surface area contributed by atoms with Crippen molar-refractivity contribution in [3.8, 4) is 11.5 Å². The quantitative estimate of drug-likeness (QED) is 0.758. The van der Waals surface area contributed by atoms with Crippen LogP contribution in [0.1, 0.15) is 55.8 Å². The van der Waals surface area contributed by atoms with Crippen molar-refractivity contribution in [3.63, 3.8) is 0 Å². The summed E-state index contributed by atoms with van der Waals surface area (Å²) in [6.07, 6.45) is 5.91. The van der Waals surface area contributed by atoms with Gasteiger partial charge in [0.25, 0.3) is 5.91 Å². The first-order valence-corrected chi connectivity index (χ1v) is 8.51. The van der Waals surface area contributed by atoms with Crippen LogP contribution in [0.2, 0.25) is 0 Å². The zero-order chi connectivity index (χ0) is 16.7. The van der Waals surface area contributed by atoms with Gasteiger partial charge in [-0.1, -0.05) is 13.3 Å². The number of carbonyl (C=O) groups is 1. The van der Waals surface area contributed by atoms with Crippen LogP contribution in [-0.4, -0.2) is 31.7 Å². The zero-order valence-corrected chi connectivity index (χ0v) is 14.1. The lowest BCUT2D eigenvalue weighted by Gasteiger charge is -2.26. The predicted molar refractivity (Wildman–Crippen MR) is 91.1 cm³/mol. The average molecular weight is 320 g/mol. The predicted octanol–water partition coefficient (Wildman–Crippen LogP) is 2.87. The zero-order valence-electron chi connectivity index (χ0n) is 14.1. The Morgan fingerprint density at radius 1 is 1.26 bits per heavy atom. The molecule has 0 aliphatic heterocycles. The van der Waals surface area contributed by atoms with Gasteiger partial charge >= 0.3 is 0 Å². The van der Waals surface area contributed by atoms with E-state index in [2.05, 4.69) is 12.2 Å². The lowest BCUT2D eigenvalue weighted by Crippen LogP contribution is -2.40. The molecule has 1 fully saturated rings. The number of carbonyl (C=O) groups excluding carboxylic acids is 1. The minimum absolute atomic E-state index is 0.0659. The molecule has 0 saturated heterocycles. The molecule has 1 aromatic carbocycles. The number of benzene rings is 1. The highest BCUT2D eigenvalue weighted by Crippen LogP contribution is 2.28. The van der Waals surface area contributed by atoms with E-state index in [1.807, 2.05) is 0 Å². The summed E-state index contributed by atoms with van der Waals surface area (Å²) in [6, 6.07) is 5.83. The van der Waals surface area contributed by atoms with Crippen LogP contribution in [0.15, 0.2) is 18.2 Å². The summed E-state index contributed by atoms with van der Waals surface area (Å²) in [5, 5.41) is 3.09. The Morgan fingerprint density at radius 3 is 2.65 bits per heavy atom. The Kier molecular flexibility index (Phi) is 6.71. The molecule has 0 unspecified atom stereocenters. The fraction of sp³-hybridized carbons (Fsp3) is 0.611. The highest BCUT2D eigenvalue weighted by molar-refractivity contribution is 5.95. The standard InChI is InChI=1S/C18H28N2O3/c1-3-4-11-23-16-10-5-13(12-17(16)22-2)18(21)20-15-8-6-14(19)7-9-15/h5,10,12,14-15H,3-4,6-9,11,19H2,1-2H3,(H,20,21). The van der Waals surface area contributed by atoms with Crippen LogP contribution >= 0.6 is 0 Å². The maximum Gasteiger partial charge on any atom is 0.251 e. The molecule has 3 N–H and O–H groups in total. The van der Waals surface area contributed by atoms with Gasteiger partial charge in [0.05, 0.1) is 13.7 Å². The second kappa shape index (κ2) is 8.77. The molecule has 0 atom stereocenters. The molecule has 5 nitrogen and oxygen atoms in total. The van der Waals surface area contributed by atoms with Crippen molar-refractivity contribution in [1.82, 2.24) is 5.32 Å². The molecule has 1 aliphatic carbocycles. The van der Waals surface area contributed by atoms with Crippen molar-refractivity contribution in [2.45, 2.75) is 57.5 Å². The molecule has 0 radical (unpaired) electrons. The number of nitrogens with one attached hydrogen (secondary N) is 1. The van der Waals surface area contributed by atoms with Crippen molar-refractivity contribution in [1.29, 1.82) is 0 Å². The molecule has 1 amide bonds. The van der Waals surface area contributed by atoms with Gasteiger partial charge in [0, 0.05) is 17.6 Å². The molecule has 1 saturated carbocycles. The maximum atomic E-state index is 12.4. The fourth-order valence-electron chi connectivity index (χ4n) is 2.79. The Labute approximate surface area is 138 Å². The Morgan fingerprint density at radius 2 is 2.00 bits per heavy atom. The highest BCUT2D eigenvalue weighted by atomic mass is 16.5. The van der Waals surface area contributed by atoms with Gasteiger partial charge in [-0.15, -0.1) is 0 Å². The van der Waals surface area contributed by atoms with E-state index in [4.69, 9.17) is 15.2 Å². The molecule has 0 aromatic heterocycles. The summed E-state index contributed by atoms with van der Waals surface area (Å²) in [5.74, 6) is 1.21. The molecule has 1 aliphatic rings. The van der Waals surface area contributed by atoms with Crippen molar-refractivity contribution < 1.29 is 14.3 Å². The van der Waals surface area contributed by atoms with Crippen molar-refractivity contribution >= 4 is 5.91 Å². The van der Waals surface area contributed by atoms with Crippen molar-refractivity contribution in [3.05, 3.63) is 23.8 Å². The number of ether oxygens (including phenoxy) is 2. The summed E-state index contributed by atoms with van der Waals surface area (Å²) in [4.78, 5) is 12.4. The lowest BCUT2D eigenvalue weighted by atomic mass is 9.91. The molecule has 5 heteroatoms. The van der Waals surface area contributed by atoms with E-state index in [9.17, 15) is 4.79 Å². The van der Waals surface area contributed by atoms with Crippen LogP contribution in [0.5, 0.6) is 11.5 Å². The second-order valence-corrected chi connectivity index (χ2v) is 6.15. The van der Waals surface area contributed by atoms with E-state index in [1.54, 1.807) is 25.3 Å². The van der Waals surface area contributed by atoms with E-state index in [0.717, 1.165) is 38.5 Å². The second-order valence-electron chi connectivity index (χ2n) is 6.15. The van der Waals surface area contributed by atoms with E-state index < -0.39 is 0 Å². The molecule has 0 spiro atoms. The van der Waals surface area contributed by atoms with Gasteiger partial charge in [-0.2, -0.15) is 0 Å². The van der Waals surface area contributed by atoms with Crippen LogP contribution in [0.25, 0.3) is 0 Å². The van der Waals surface area contributed by atoms with Crippen LogP contribution < -0.4 is 20.5 Å². The number of amides is 1. The van der Waals surface area contributed by atoms with E-state index in [1.165, 1.54) is 0 Å².